The third-order valence-corrected chi connectivity index (χ3v) is 25.3. The van der Waals surface area contributed by atoms with Gasteiger partial charge in [0, 0.05) is 0 Å². The molecule has 1 saturated heterocycles. The molecule has 2 aromatic rings. The van der Waals surface area contributed by atoms with Crippen LogP contribution in [0.5, 0.6) is 0 Å². The number of hydrogen-bond acceptors (Lipinski definition) is 0. The second kappa shape index (κ2) is 6.43. The maximum atomic E-state index is 2.69. The molecular weight excluding hydrogens is 474 g/mol. The topological polar surface area (TPSA) is 0 Å². The maximum Gasteiger partial charge on any atom is -1.00 e. The first-order valence-electron chi connectivity index (χ1n) is 10.3. The number of benzene rings is 2. The van der Waals surface area contributed by atoms with Crippen molar-refractivity contribution >= 4 is 23.3 Å². The van der Waals surface area contributed by atoms with Crippen molar-refractivity contribution in [2.45, 2.75) is 28.4 Å². The van der Waals surface area contributed by atoms with Gasteiger partial charge in [-0.15, -0.1) is 0 Å². The fraction of sp³-hybridized carbons (Fsp3) is 0.231. The van der Waals surface area contributed by atoms with Crippen molar-refractivity contribution in [2.75, 3.05) is 0 Å². The Kier molecular flexibility index (Phi) is 4.39. The SMILES string of the molecule is C[CH]1[CH](C)[Zr+2]1([CH]1C=C2C=Cc3cccc1c32)[CH]1C=C2C=Cc3cccc1c32.[Cl-].[Cl-]. The van der Waals surface area contributed by atoms with Gasteiger partial charge in [0.1, 0.15) is 0 Å². The molecule has 3 heteroatoms. The van der Waals surface area contributed by atoms with Gasteiger partial charge < -0.3 is 24.8 Å². The quantitative estimate of drug-likeness (QED) is 0.585. The molecule has 2 aromatic carbocycles. The standard InChI is InChI=1S/2C11H7.C4H8.2ClH.Zr/c2*1-2-8-4-6-10-7-5-9(3-1)11(8)10;1-3-4-2;;;/h2*1-7H;3-4H,1-2H3;2*1H;/q;;;;;+2/p-2. The third kappa shape index (κ3) is 2.20. The molecule has 0 amide bonds. The maximum absolute atomic E-state index is 2.69. The molecule has 0 nitrogen and oxygen atoms in total. The van der Waals surface area contributed by atoms with Gasteiger partial charge in [0.15, 0.2) is 0 Å². The molecule has 1 fully saturated rings. The first-order chi connectivity index (χ1) is 13.2. The Morgan fingerprint density at radius 2 is 1.07 bits per heavy atom. The van der Waals surface area contributed by atoms with Gasteiger partial charge in [-0.1, -0.05) is 0 Å². The van der Waals surface area contributed by atoms with Crippen LogP contribution in [0.1, 0.15) is 54.5 Å². The van der Waals surface area contributed by atoms with Crippen LogP contribution in [-0.4, -0.2) is 0 Å². The van der Waals surface area contributed by atoms with Crippen LogP contribution in [0.25, 0.3) is 23.3 Å². The van der Waals surface area contributed by atoms with Gasteiger partial charge >= 0.3 is 166 Å². The van der Waals surface area contributed by atoms with E-state index in [0.717, 1.165) is 14.5 Å². The van der Waals surface area contributed by atoms with Crippen molar-refractivity contribution in [3.63, 3.8) is 0 Å². The zero-order valence-electron chi connectivity index (χ0n) is 16.5. The Morgan fingerprint density at radius 3 is 1.48 bits per heavy atom. The van der Waals surface area contributed by atoms with E-state index in [-0.39, 0.29) is 24.8 Å². The van der Waals surface area contributed by atoms with Gasteiger partial charge in [-0.2, -0.15) is 0 Å². The van der Waals surface area contributed by atoms with Crippen LogP contribution in [-0.2, 0) is 20.3 Å². The molecular formula is C26H22Cl2Zr. The Hall–Kier alpha value is -1.14. The van der Waals surface area contributed by atoms with Crippen molar-refractivity contribution in [3.05, 3.63) is 94.1 Å². The third-order valence-electron chi connectivity index (χ3n) is 8.38. The van der Waals surface area contributed by atoms with Gasteiger partial charge in [-0.05, 0) is 0 Å². The van der Waals surface area contributed by atoms with E-state index in [9.17, 15) is 0 Å². The average Bonchev–Trinajstić information content (AvgIpc) is 3.28. The molecule has 1 heterocycles. The van der Waals surface area contributed by atoms with Crippen LogP contribution >= 0.6 is 0 Å². The van der Waals surface area contributed by atoms with Crippen molar-refractivity contribution in [1.82, 2.24) is 0 Å². The Bertz CT molecular complexity index is 1090. The number of hydrogen-bond donors (Lipinski definition) is 0. The van der Waals surface area contributed by atoms with E-state index in [1.165, 1.54) is 22.3 Å². The molecule has 5 aliphatic rings. The van der Waals surface area contributed by atoms with E-state index < -0.39 is 20.3 Å². The molecule has 0 radical (unpaired) electrons. The van der Waals surface area contributed by atoms with Crippen LogP contribution in [0.2, 0.25) is 7.25 Å². The summed E-state index contributed by atoms with van der Waals surface area (Å²) in [4.78, 5) is 0. The molecule has 4 aliphatic carbocycles. The van der Waals surface area contributed by atoms with E-state index in [1.54, 1.807) is 22.3 Å². The molecule has 144 valence electrons. The number of allylic oxidation sites excluding steroid dienone is 6. The predicted molar refractivity (Wildman–Crippen MR) is 111 cm³/mol. The van der Waals surface area contributed by atoms with Crippen LogP contribution in [0.3, 0.4) is 0 Å². The average molecular weight is 497 g/mol. The second-order valence-corrected chi connectivity index (χ2v) is 21.5. The summed E-state index contributed by atoms with van der Waals surface area (Å²) in [6, 6.07) is 14.0. The monoisotopic (exact) mass is 494 g/mol. The minimum absolute atomic E-state index is 0. The Morgan fingerprint density at radius 1 is 0.621 bits per heavy atom. The summed E-state index contributed by atoms with van der Waals surface area (Å²) in [5.74, 6) is 0. The minimum atomic E-state index is -2.54. The fourth-order valence-electron chi connectivity index (χ4n) is 6.98. The van der Waals surface area contributed by atoms with Crippen LogP contribution in [0, 0.1) is 0 Å². The van der Waals surface area contributed by atoms with Gasteiger partial charge in [0.25, 0.3) is 0 Å². The molecule has 0 aromatic heterocycles. The molecule has 4 unspecified atom stereocenters. The largest absolute Gasteiger partial charge is 1.00 e. The summed E-state index contributed by atoms with van der Waals surface area (Å²) < 4.78 is 3.36. The molecule has 0 N–H and O–H groups in total. The summed E-state index contributed by atoms with van der Waals surface area (Å²) in [5, 5.41) is 0. The first kappa shape index (κ1) is 19.8. The molecule has 4 atom stereocenters. The second-order valence-electron chi connectivity index (χ2n) is 9.07. The molecule has 29 heavy (non-hydrogen) atoms. The zero-order valence-corrected chi connectivity index (χ0v) is 20.5. The normalized spacial score (nSPS) is 30.7. The van der Waals surface area contributed by atoms with E-state index in [1.807, 2.05) is 0 Å². The van der Waals surface area contributed by atoms with Gasteiger partial charge in [-0.25, -0.2) is 0 Å². The van der Waals surface area contributed by atoms with E-state index >= 15 is 0 Å². The summed E-state index contributed by atoms with van der Waals surface area (Å²) in [5.41, 5.74) is 12.3. The number of rotatable bonds is 2. The zero-order chi connectivity index (χ0) is 17.9. The van der Waals surface area contributed by atoms with Crippen molar-refractivity contribution in [2.24, 2.45) is 0 Å². The van der Waals surface area contributed by atoms with Gasteiger partial charge in [-0.3, -0.25) is 0 Å². The fourth-order valence-corrected chi connectivity index (χ4v) is 26.6. The van der Waals surface area contributed by atoms with Gasteiger partial charge in [0.05, 0.1) is 0 Å². The minimum Gasteiger partial charge on any atom is -1.00 e. The summed E-state index contributed by atoms with van der Waals surface area (Å²) >= 11 is -2.54. The number of halogens is 2. The smallest absolute Gasteiger partial charge is 1.00 e. The Balaban J connectivity index is 0.000000907. The van der Waals surface area contributed by atoms with Crippen molar-refractivity contribution in [1.29, 1.82) is 0 Å². The van der Waals surface area contributed by atoms with Crippen LogP contribution < -0.4 is 24.8 Å². The van der Waals surface area contributed by atoms with Crippen LogP contribution in [0.4, 0.5) is 0 Å². The summed E-state index contributed by atoms with van der Waals surface area (Å²) in [6.45, 7) is 5.16. The van der Waals surface area contributed by atoms with E-state index in [4.69, 9.17) is 0 Å². The molecule has 0 spiro atoms. The van der Waals surface area contributed by atoms with E-state index in [0.29, 0.717) is 0 Å². The summed E-state index contributed by atoms with van der Waals surface area (Å²) in [7, 11) is 0. The van der Waals surface area contributed by atoms with Crippen molar-refractivity contribution in [3.8, 4) is 0 Å². The van der Waals surface area contributed by atoms with Crippen LogP contribution in [0.15, 0.2) is 60.7 Å². The first-order valence-corrected chi connectivity index (χ1v) is 16.0. The predicted octanol–water partition coefficient (Wildman–Crippen LogP) is 1.11. The van der Waals surface area contributed by atoms with Gasteiger partial charge in [0.2, 0.25) is 0 Å². The van der Waals surface area contributed by atoms with E-state index in [2.05, 4.69) is 86.7 Å². The molecule has 1 aliphatic heterocycles. The van der Waals surface area contributed by atoms with Crippen molar-refractivity contribution < 1.29 is 45.1 Å². The molecule has 7 rings (SSSR count). The molecule has 0 bridgehead atoms. The molecule has 0 saturated carbocycles. The Labute approximate surface area is 189 Å². The summed E-state index contributed by atoms with van der Waals surface area (Å²) in [6.07, 6.45) is 14.7.